The molecule has 1 N–H and O–H groups in total. The minimum Gasteiger partial charge on any atom is -0.497 e. The lowest BCUT2D eigenvalue weighted by Gasteiger charge is -2.14. The van der Waals surface area contributed by atoms with Crippen LogP contribution in [-0.2, 0) is 0 Å². The Balaban J connectivity index is 1.88. The molecule has 0 radical (unpaired) electrons. The molecule has 0 saturated carbocycles. The maximum atomic E-state index is 5.26. The van der Waals surface area contributed by atoms with E-state index in [0.717, 1.165) is 28.9 Å². The number of rotatable bonds is 6. The van der Waals surface area contributed by atoms with Gasteiger partial charge in [0.1, 0.15) is 5.75 Å². The second-order valence-electron chi connectivity index (χ2n) is 4.91. The molecule has 1 unspecified atom stereocenters. The van der Waals surface area contributed by atoms with Crippen LogP contribution >= 0.6 is 15.9 Å². The average molecular weight is 334 g/mol. The number of nitrogens with one attached hydrogen (secondary N) is 1. The van der Waals surface area contributed by atoms with Crippen molar-refractivity contribution in [3.63, 3.8) is 0 Å². The highest BCUT2D eigenvalue weighted by Crippen LogP contribution is 2.25. The molecule has 0 aliphatic heterocycles. The van der Waals surface area contributed by atoms with E-state index < -0.39 is 0 Å². The van der Waals surface area contributed by atoms with E-state index in [0.29, 0.717) is 5.92 Å². The Hall–Kier alpha value is -1.48. The molecule has 0 bridgehead atoms. The molecule has 106 valence electrons. The molecule has 1 atom stereocenters. The van der Waals surface area contributed by atoms with Gasteiger partial charge in [-0.2, -0.15) is 0 Å². The van der Waals surface area contributed by atoms with Crippen LogP contribution in [0.2, 0.25) is 0 Å². The summed E-state index contributed by atoms with van der Waals surface area (Å²) in [6.07, 6.45) is 1.10. The van der Waals surface area contributed by atoms with Crippen LogP contribution in [0.25, 0.3) is 0 Å². The van der Waals surface area contributed by atoms with Crippen LogP contribution in [0.4, 0.5) is 5.69 Å². The van der Waals surface area contributed by atoms with E-state index in [1.807, 2.05) is 12.1 Å². The van der Waals surface area contributed by atoms with Crippen LogP contribution < -0.4 is 10.1 Å². The van der Waals surface area contributed by atoms with Gasteiger partial charge in [0, 0.05) is 22.8 Å². The number of hydrogen-bond acceptors (Lipinski definition) is 2. The topological polar surface area (TPSA) is 21.3 Å². The monoisotopic (exact) mass is 333 g/mol. The van der Waals surface area contributed by atoms with E-state index in [-0.39, 0.29) is 0 Å². The van der Waals surface area contributed by atoms with E-state index in [1.165, 1.54) is 5.56 Å². The van der Waals surface area contributed by atoms with Crippen molar-refractivity contribution in [1.29, 1.82) is 0 Å². The first-order valence-electron chi connectivity index (χ1n) is 6.82. The lowest BCUT2D eigenvalue weighted by atomic mass is 9.98. The highest BCUT2D eigenvalue weighted by atomic mass is 79.9. The Labute approximate surface area is 129 Å². The van der Waals surface area contributed by atoms with Crippen molar-refractivity contribution in [3.8, 4) is 5.75 Å². The molecule has 2 rings (SSSR count). The van der Waals surface area contributed by atoms with Gasteiger partial charge in [0.05, 0.1) is 7.11 Å². The van der Waals surface area contributed by atoms with E-state index >= 15 is 0 Å². The average Bonchev–Trinajstić information content (AvgIpc) is 2.47. The minimum atomic E-state index is 0.553. The molecule has 0 amide bonds. The summed E-state index contributed by atoms with van der Waals surface area (Å²) in [7, 11) is 1.68. The smallest absolute Gasteiger partial charge is 0.122 e. The highest BCUT2D eigenvalue weighted by Gasteiger charge is 2.05. The molecule has 0 spiro atoms. The van der Waals surface area contributed by atoms with Gasteiger partial charge < -0.3 is 10.1 Å². The number of benzene rings is 2. The van der Waals surface area contributed by atoms with E-state index in [2.05, 4.69) is 64.6 Å². The first kappa shape index (κ1) is 14.9. The molecule has 2 aromatic carbocycles. The maximum Gasteiger partial charge on any atom is 0.122 e. The third-order valence-corrected chi connectivity index (χ3v) is 3.84. The number of hydrogen-bond donors (Lipinski definition) is 1. The zero-order valence-electron chi connectivity index (χ0n) is 11.9. The quantitative estimate of drug-likeness (QED) is 0.797. The zero-order valence-corrected chi connectivity index (χ0v) is 13.5. The zero-order chi connectivity index (χ0) is 14.4. The van der Waals surface area contributed by atoms with Crippen LogP contribution in [0.5, 0.6) is 5.75 Å². The van der Waals surface area contributed by atoms with Gasteiger partial charge in [0.15, 0.2) is 0 Å². The molecule has 0 aliphatic rings. The summed E-state index contributed by atoms with van der Waals surface area (Å²) in [5.41, 5.74) is 2.47. The van der Waals surface area contributed by atoms with Crippen molar-refractivity contribution in [2.75, 3.05) is 19.0 Å². The lowest BCUT2D eigenvalue weighted by Crippen LogP contribution is -2.06. The molecule has 3 heteroatoms. The van der Waals surface area contributed by atoms with Gasteiger partial charge in [-0.25, -0.2) is 0 Å². The first-order chi connectivity index (χ1) is 9.69. The number of anilines is 1. The van der Waals surface area contributed by atoms with Gasteiger partial charge in [0.25, 0.3) is 0 Å². The summed E-state index contributed by atoms with van der Waals surface area (Å²) in [6, 6.07) is 16.7. The fourth-order valence-electron chi connectivity index (χ4n) is 2.16. The Kier molecular flexibility index (Phi) is 5.48. The van der Waals surface area contributed by atoms with Crippen molar-refractivity contribution in [2.45, 2.75) is 19.3 Å². The molecular formula is C17H20BrNO. The summed E-state index contributed by atoms with van der Waals surface area (Å²) in [5, 5.41) is 3.45. The Morgan fingerprint density at radius 1 is 1.15 bits per heavy atom. The van der Waals surface area contributed by atoms with Gasteiger partial charge in [-0.05, 0) is 30.0 Å². The number of ether oxygens (including phenoxy) is 1. The summed E-state index contributed by atoms with van der Waals surface area (Å²) in [5.74, 6) is 1.41. The van der Waals surface area contributed by atoms with Crippen molar-refractivity contribution >= 4 is 21.6 Å². The summed E-state index contributed by atoms with van der Waals surface area (Å²) in [4.78, 5) is 0. The van der Waals surface area contributed by atoms with E-state index in [4.69, 9.17) is 4.74 Å². The summed E-state index contributed by atoms with van der Waals surface area (Å²) in [6.45, 7) is 3.20. The molecular weight excluding hydrogens is 314 g/mol. The summed E-state index contributed by atoms with van der Waals surface area (Å²) < 4.78 is 6.29. The maximum absolute atomic E-state index is 5.26. The molecule has 0 aromatic heterocycles. The third-order valence-electron chi connectivity index (χ3n) is 3.38. The Bertz CT molecular complexity index is 542. The molecule has 20 heavy (non-hydrogen) atoms. The van der Waals surface area contributed by atoms with Crippen LogP contribution in [0.15, 0.2) is 53.0 Å². The third kappa shape index (κ3) is 4.27. The van der Waals surface area contributed by atoms with Crippen molar-refractivity contribution in [2.24, 2.45) is 0 Å². The molecule has 0 heterocycles. The normalized spacial score (nSPS) is 11.9. The standard InChI is InChI=1S/C17H20BrNO/c1-13(14-6-4-3-5-7-14)8-9-19-16-10-15(18)11-17(12-16)20-2/h3-7,10-13,19H,8-9H2,1-2H3. The number of methoxy groups -OCH3 is 1. The molecule has 0 aliphatic carbocycles. The molecule has 0 fully saturated rings. The molecule has 2 nitrogen and oxygen atoms in total. The summed E-state index contributed by atoms with van der Waals surface area (Å²) >= 11 is 3.49. The predicted molar refractivity (Wildman–Crippen MR) is 88.7 cm³/mol. The van der Waals surface area contributed by atoms with Crippen LogP contribution in [0.1, 0.15) is 24.8 Å². The Morgan fingerprint density at radius 2 is 1.90 bits per heavy atom. The fourth-order valence-corrected chi connectivity index (χ4v) is 2.64. The second kappa shape index (κ2) is 7.34. The highest BCUT2D eigenvalue weighted by molar-refractivity contribution is 9.10. The predicted octanol–water partition coefficient (Wildman–Crippen LogP) is 5.06. The SMILES string of the molecule is COc1cc(Br)cc(NCCC(C)c2ccccc2)c1. The van der Waals surface area contributed by atoms with Crippen LogP contribution in [0.3, 0.4) is 0 Å². The largest absolute Gasteiger partial charge is 0.497 e. The van der Waals surface area contributed by atoms with E-state index in [1.54, 1.807) is 7.11 Å². The second-order valence-corrected chi connectivity index (χ2v) is 5.82. The molecule has 0 saturated heterocycles. The van der Waals surface area contributed by atoms with E-state index in [9.17, 15) is 0 Å². The minimum absolute atomic E-state index is 0.553. The van der Waals surface area contributed by atoms with Crippen molar-refractivity contribution in [1.82, 2.24) is 0 Å². The lowest BCUT2D eigenvalue weighted by molar-refractivity contribution is 0.414. The van der Waals surface area contributed by atoms with Gasteiger partial charge >= 0.3 is 0 Å². The molecule has 2 aromatic rings. The number of halogens is 1. The van der Waals surface area contributed by atoms with Crippen LogP contribution in [0, 0.1) is 0 Å². The van der Waals surface area contributed by atoms with Crippen molar-refractivity contribution in [3.05, 3.63) is 58.6 Å². The van der Waals surface area contributed by atoms with Gasteiger partial charge in [0.2, 0.25) is 0 Å². The van der Waals surface area contributed by atoms with Gasteiger partial charge in [-0.1, -0.05) is 53.2 Å². The fraction of sp³-hybridized carbons (Fsp3) is 0.294. The Morgan fingerprint density at radius 3 is 2.60 bits per heavy atom. The van der Waals surface area contributed by atoms with Crippen LogP contribution in [-0.4, -0.2) is 13.7 Å². The van der Waals surface area contributed by atoms with Gasteiger partial charge in [-0.3, -0.25) is 0 Å². The van der Waals surface area contributed by atoms with Crippen molar-refractivity contribution < 1.29 is 4.74 Å². The first-order valence-corrected chi connectivity index (χ1v) is 7.61. The van der Waals surface area contributed by atoms with Gasteiger partial charge in [-0.15, -0.1) is 0 Å².